The summed E-state index contributed by atoms with van der Waals surface area (Å²) in [6.07, 6.45) is 0.425. The van der Waals surface area contributed by atoms with Crippen LogP contribution in [0.2, 0.25) is 0 Å². The van der Waals surface area contributed by atoms with Crippen LogP contribution in [-0.2, 0) is 9.53 Å². The zero-order valence-corrected chi connectivity index (χ0v) is 17.0. The van der Waals surface area contributed by atoms with Crippen LogP contribution in [0.5, 0.6) is 0 Å². The van der Waals surface area contributed by atoms with E-state index in [1.807, 2.05) is 20.8 Å². The Bertz CT molecular complexity index is 699. The van der Waals surface area contributed by atoms with Crippen LogP contribution in [0.1, 0.15) is 43.1 Å². The molecule has 1 aromatic carbocycles. The van der Waals surface area contributed by atoms with E-state index in [0.717, 1.165) is 0 Å². The van der Waals surface area contributed by atoms with Crippen molar-refractivity contribution in [2.24, 2.45) is 11.1 Å². The van der Waals surface area contributed by atoms with E-state index in [4.69, 9.17) is 10.5 Å². The summed E-state index contributed by atoms with van der Waals surface area (Å²) in [6, 6.07) is 4.31. The molecule has 0 aliphatic heterocycles. The van der Waals surface area contributed by atoms with Crippen molar-refractivity contribution in [3.05, 3.63) is 35.1 Å². The quantitative estimate of drug-likeness (QED) is 0.608. The minimum Gasteiger partial charge on any atom is -0.378 e. The molecule has 0 saturated heterocycles. The number of benzene rings is 1. The molecule has 1 aliphatic rings. The molecule has 1 fully saturated rings. The van der Waals surface area contributed by atoms with Gasteiger partial charge in [0, 0.05) is 37.1 Å². The Morgan fingerprint density at radius 2 is 1.93 bits per heavy atom. The van der Waals surface area contributed by atoms with Crippen LogP contribution in [0.15, 0.2) is 18.2 Å². The monoisotopic (exact) mass is 401 g/mol. The fourth-order valence-corrected chi connectivity index (χ4v) is 3.17. The van der Waals surface area contributed by atoms with Gasteiger partial charge >= 0.3 is 0 Å². The summed E-state index contributed by atoms with van der Waals surface area (Å²) in [5, 5.41) is 5.41. The molecule has 6 nitrogen and oxygen atoms in total. The number of hydrogen-bond donors (Lipinski definition) is 3. The summed E-state index contributed by atoms with van der Waals surface area (Å²) in [5.41, 5.74) is 5.56. The van der Waals surface area contributed by atoms with Crippen molar-refractivity contribution in [3.63, 3.8) is 0 Å². The number of carbonyl (C=O) groups excluding carboxylic acids is 2. The average molecular weight is 402 g/mol. The third-order valence-electron chi connectivity index (χ3n) is 5.37. The van der Waals surface area contributed by atoms with E-state index < -0.39 is 16.8 Å². The maximum absolute atomic E-state index is 13.5. The summed E-state index contributed by atoms with van der Waals surface area (Å²) in [5.74, 6) is -1.07. The van der Waals surface area contributed by atoms with E-state index in [1.54, 1.807) is 19.1 Å². The molecule has 2 amide bonds. The van der Waals surface area contributed by atoms with Gasteiger partial charge < -0.3 is 21.1 Å². The Morgan fingerprint density at radius 1 is 1.30 bits per heavy atom. The predicted molar refractivity (Wildman–Crippen MR) is 104 cm³/mol. The fourth-order valence-electron chi connectivity index (χ4n) is 3.17. The SMILES string of the molecule is CCOC1CC(N)(C(=O)NCCNC(=O)c2ccc(C)c(F)c2)C1(C)C.Cl. The van der Waals surface area contributed by atoms with Crippen molar-refractivity contribution in [3.8, 4) is 0 Å². The zero-order chi connectivity index (χ0) is 19.5. The van der Waals surface area contributed by atoms with Gasteiger partial charge in [0.25, 0.3) is 5.91 Å². The minimum atomic E-state index is -0.989. The number of amides is 2. The highest BCUT2D eigenvalue weighted by Gasteiger charge is 2.62. The van der Waals surface area contributed by atoms with Crippen molar-refractivity contribution >= 4 is 24.2 Å². The highest BCUT2D eigenvalue weighted by Crippen LogP contribution is 2.49. The number of hydrogen-bond acceptors (Lipinski definition) is 4. The first kappa shape index (κ1) is 23.3. The molecule has 2 unspecified atom stereocenters. The van der Waals surface area contributed by atoms with E-state index in [9.17, 15) is 14.0 Å². The second kappa shape index (κ2) is 8.99. The first-order valence-corrected chi connectivity index (χ1v) is 8.86. The van der Waals surface area contributed by atoms with Gasteiger partial charge in [0.05, 0.1) is 6.10 Å². The van der Waals surface area contributed by atoms with Crippen molar-refractivity contribution < 1.29 is 18.7 Å². The molecular formula is C19H29ClFN3O3. The first-order valence-electron chi connectivity index (χ1n) is 8.86. The van der Waals surface area contributed by atoms with Gasteiger partial charge in [-0.25, -0.2) is 4.39 Å². The van der Waals surface area contributed by atoms with Gasteiger partial charge in [0.15, 0.2) is 0 Å². The zero-order valence-electron chi connectivity index (χ0n) is 16.2. The van der Waals surface area contributed by atoms with Gasteiger partial charge in [-0.05, 0) is 31.5 Å². The van der Waals surface area contributed by atoms with Crippen molar-refractivity contribution in [1.82, 2.24) is 10.6 Å². The lowest BCUT2D eigenvalue weighted by Gasteiger charge is -2.57. The number of carbonyl (C=O) groups is 2. The molecule has 8 heteroatoms. The predicted octanol–water partition coefficient (Wildman–Crippen LogP) is 1.93. The third-order valence-corrected chi connectivity index (χ3v) is 5.37. The lowest BCUT2D eigenvalue weighted by atomic mass is 9.54. The maximum atomic E-state index is 13.5. The molecule has 0 spiro atoms. The molecule has 152 valence electrons. The first-order chi connectivity index (χ1) is 12.1. The molecule has 1 saturated carbocycles. The summed E-state index contributed by atoms with van der Waals surface area (Å²) >= 11 is 0. The Labute approximate surface area is 165 Å². The smallest absolute Gasteiger partial charge is 0.251 e. The number of nitrogens with one attached hydrogen (secondary N) is 2. The van der Waals surface area contributed by atoms with E-state index in [-0.39, 0.29) is 49.0 Å². The summed E-state index contributed by atoms with van der Waals surface area (Å²) in [7, 11) is 0. The van der Waals surface area contributed by atoms with E-state index in [1.165, 1.54) is 6.07 Å². The van der Waals surface area contributed by atoms with E-state index >= 15 is 0 Å². The minimum absolute atomic E-state index is 0. The molecule has 0 heterocycles. The van der Waals surface area contributed by atoms with Crippen molar-refractivity contribution in [2.75, 3.05) is 19.7 Å². The average Bonchev–Trinajstić information content (AvgIpc) is 2.60. The number of ether oxygens (including phenoxy) is 1. The fraction of sp³-hybridized carbons (Fsp3) is 0.579. The van der Waals surface area contributed by atoms with Crippen molar-refractivity contribution in [1.29, 1.82) is 0 Å². The Balaban J connectivity index is 0.00000364. The topological polar surface area (TPSA) is 93.4 Å². The molecule has 27 heavy (non-hydrogen) atoms. The second-order valence-electron chi connectivity index (χ2n) is 7.32. The van der Waals surface area contributed by atoms with Crippen LogP contribution in [0.3, 0.4) is 0 Å². The molecule has 0 bridgehead atoms. The Hall–Kier alpha value is -1.70. The van der Waals surface area contributed by atoms with E-state index in [0.29, 0.717) is 18.6 Å². The number of nitrogens with two attached hydrogens (primary N) is 1. The summed E-state index contributed by atoms with van der Waals surface area (Å²) < 4.78 is 19.1. The Kier molecular flexibility index (Phi) is 7.77. The molecule has 2 rings (SSSR count). The molecule has 2 atom stereocenters. The van der Waals surface area contributed by atoms with Gasteiger partial charge in [0.2, 0.25) is 5.91 Å². The standard InChI is InChI=1S/C19H28FN3O3.ClH/c1-5-26-15-11-19(21,18(15,3)4)17(25)23-9-8-22-16(24)13-7-6-12(2)14(20)10-13;/h6-7,10,15H,5,8-9,11,21H2,1-4H3,(H,22,24)(H,23,25);1H. The van der Waals surface area contributed by atoms with Crippen LogP contribution in [0.25, 0.3) is 0 Å². The van der Waals surface area contributed by atoms with Gasteiger partial charge in [-0.2, -0.15) is 0 Å². The molecule has 4 N–H and O–H groups in total. The summed E-state index contributed by atoms with van der Waals surface area (Å²) in [6.45, 7) is 8.44. The van der Waals surface area contributed by atoms with Crippen LogP contribution in [0.4, 0.5) is 4.39 Å². The molecule has 1 aromatic rings. The lowest BCUT2D eigenvalue weighted by molar-refractivity contribution is -0.170. The highest BCUT2D eigenvalue weighted by molar-refractivity contribution is 5.94. The highest BCUT2D eigenvalue weighted by atomic mass is 35.5. The van der Waals surface area contributed by atoms with Gasteiger partial charge in [-0.3, -0.25) is 9.59 Å². The molecule has 0 aromatic heterocycles. The van der Waals surface area contributed by atoms with Crippen LogP contribution in [0, 0.1) is 18.2 Å². The normalized spacial score (nSPS) is 23.0. The van der Waals surface area contributed by atoms with Gasteiger partial charge in [-0.1, -0.05) is 19.9 Å². The van der Waals surface area contributed by atoms with Crippen LogP contribution in [-0.4, -0.2) is 43.2 Å². The molecule has 1 aliphatic carbocycles. The van der Waals surface area contributed by atoms with Gasteiger partial charge in [-0.15, -0.1) is 12.4 Å². The molecule has 0 radical (unpaired) electrons. The lowest BCUT2D eigenvalue weighted by Crippen LogP contribution is -2.75. The summed E-state index contributed by atoms with van der Waals surface area (Å²) in [4.78, 5) is 24.5. The van der Waals surface area contributed by atoms with E-state index in [2.05, 4.69) is 10.6 Å². The largest absolute Gasteiger partial charge is 0.378 e. The van der Waals surface area contributed by atoms with Crippen molar-refractivity contribution in [2.45, 2.75) is 45.8 Å². The number of aryl methyl sites for hydroxylation is 1. The maximum Gasteiger partial charge on any atom is 0.251 e. The second-order valence-corrected chi connectivity index (χ2v) is 7.32. The molecular weight excluding hydrogens is 373 g/mol. The number of rotatable bonds is 7. The Morgan fingerprint density at radius 3 is 2.48 bits per heavy atom. The van der Waals surface area contributed by atoms with Crippen LogP contribution < -0.4 is 16.4 Å². The van der Waals surface area contributed by atoms with Crippen LogP contribution >= 0.6 is 12.4 Å². The number of halogens is 2. The third kappa shape index (κ3) is 4.59. The van der Waals surface area contributed by atoms with Gasteiger partial charge in [0.1, 0.15) is 11.4 Å².